The molecule has 2 aromatic carbocycles. The molecule has 0 aliphatic heterocycles. The number of nitrogens with one attached hydrogen (secondary N) is 1. The molecule has 0 aliphatic rings. The minimum atomic E-state index is -4.46. The number of benzene rings is 2. The van der Waals surface area contributed by atoms with Crippen LogP contribution < -0.4 is 19.5 Å². The third-order valence-corrected chi connectivity index (χ3v) is 3.40. The fraction of sp³-hybridized carbons (Fsp3) is 0.278. The summed E-state index contributed by atoms with van der Waals surface area (Å²) >= 11 is 0. The van der Waals surface area contributed by atoms with Crippen molar-refractivity contribution in [2.75, 3.05) is 13.7 Å². The highest BCUT2D eigenvalue weighted by atomic mass is 19.4. The van der Waals surface area contributed by atoms with Gasteiger partial charge in [0.05, 0.1) is 7.11 Å². The third-order valence-electron chi connectivity index (χ3n) is 3.40. The fourth-order valence-corrected chi connectivity index (χ4v) is 2.20. The molecule has 1 N–H and O–H groups in total. The number of ether oxygens (including phenoxy) is 3. The lowest BCUT2D eigenvalue weighted by molar-refractivity contribution is -0.153. The van der Waals surface area contributed by atoms with Crippen LogP contribution in [-0.2, 0) is 6.54 Å². The van der Waals surface area contributed by atoms with E-state index < -0.39 is 25.3 Å². The average molecular weight is 405 g/mol. The Hall–Kier alpha value is -3.04. The number of amides is 1. The van der Waals surface area contributed by atoms with Crippen molar-refractivity contribution in [3.05, 3.63) is 53.6 Å². The van der Waals surface area contributed by atoms with E-state index in [1.54, 1.807) is 6.07 Å². The normalized spacial score (nSPS) is 11.2. The van der Waals surface area contributed by atoms with Gasteiger partial charge in [-0.25, -0.2) is 0 Å². The summed E-state index contributed by atoms with van der Waals surface area (Å²) in [5.74, 6) is -0.858. The van der Waals surface area contributed by atoms with Crippen LogP contribution in [0.1, 0.15) is 15.9 Å². The summed E-state index contributed by atoms with van der Waals surface area (Å²) in [7, 11) is 1.27. The Morgan fingerprint density at radius 2 is 1.86 bits per heavy atom. The van der Waals surface area contributed by atoms with Crippen molar-refractivity contribution < 1.29 is 41.0 Å². The Kier molecular flexibility index (Phi) is 7.02. The minimum absolute atomic E-state index is 0.00106. The van der Waals surface area contributed by atoms with E-state index in [2.05, 4.69) is 14.8 Å². The van der Waals surface area contributed by atoms with Gasteiger partial charge in [0, 0.05) is 12.1 Å². The molecule has 152 valence electrons. The number of hydrogen-bond donors (Lipinski definition) is 1. The fourth-order valence-electron chi connectivity index (χ4n) is 2.20. The van der Waals surface area contributed by atoms with Gasteiger partial charge in [0.1, 0.15) is 5.75 Å². The standard InChI is InChI=1S/C18H16F5NO4/c1-26-14-6-5-12(8-15(14)28-17(19)20)16(25)24-9-11-3-2-4-13(7-11)27-10-18(21,22)23/h2-8,17H,9-10H2,1H3,(H,24,25). The van der Waals surface area contributed by atoms with Crippen molar-refractivity contribution in [1.29, 1.82) is 0 Å². The predicted octanol–water partition coefficient (Wildman–Crippen LogP) is 4.17. The van der Waals surface area contributed by atoms with Crippen LogP contribution in [0, 0.1) is 0 Å². The van der Waals surface area contributed by atoms with E-state index in [-0.39, 0.29) is 29.4 Å². The van der Waals surface area contributed by atoms with Gasteiger partial charge in [-0.15, -0.1) is 0 Å². The maximum absolute atomic E-state index is 12.5. The molecule has 0 unspecified atom stereocenters. The molecule has 5 nitrogen and oxygen atoms in total. The maximum atomic E-state index is 12.5. The molecule has 10 heteroatoms. The van der Waals surface area contributed by atoms with Gasteiger partial charge in [-0.3, -0.25) is 4.79 Å². The molecular formula is C18H16F5NO4. The number of carbonyl (C=O) groups is 1. The number of alkyl halides is 5. The zero-order chi connectivity index (χ0) is 20.7. The second-order valence-electron chi connectivity index (χ2n) is 5.48. The van der Waals surface area contributed by atoms with E-state index in [1.165, 1.54) is 37.4 Å². The molecule has 0 bridgehead atoms. The topological polar surface area (TPSA) is 56.8 Å². The van der Waals surface area contributed by atoms with Crippen LogP contribution in [0.25, 0.3) is 0 Å². The Morgan fingerprint density at radius 3 is 2.50 bits per heavy atom. The van der Waals surface area contributed by atoms with Crippen LogP contribution in [0.3, 0.4) is 0 Å². The largest absolute Gasteiger partial charge is 0.493 e. The van der Waals surface area contributed by atoms with Crippen molar-refractivity contribution in [2.45, 2.75) is 19.3 Å². The van der Waals surface area contributed by atoms with E-state index in [4.69, 9.17) is 4.74 Å². The summed E-state index contributed by atoms with van der Waals surface area (Å²) < 4.78 is 75.4. The van der Waals surface area contributed by atoms with Crippen LogP contribution in [0.4, 0.5) is 22.0 Å². The zero-order valence-electron chi connectivity index (χ0n) is 14.6. The van der Waals surface area contributed by atoms with Gasteiger partial charge in [0.2, 0.25) is 0 Å². The quantitative estimate of drug-likeness (QED) is 0.670. The van der Waals surface area contributed by atoms with Crippen LogP contribution in [-0.4, -0.2) is 32.4 Å². The molecule has 0 heterocycles. The molecular weight excluding hydrogens is 389 g/mol. The number of halogens is 5. The van der Waals surface area contributed by atoms with E-state index in [0.29, 0.717) is 5.56 Å². The lowest BCUT2D eigenvalue weighted by atomic mass is 10.1. The molecule has 0 saturated heterocycles. The molecule has 0 aromatic heterocycles. The van der Waals surface area contributed by atoms with Gasteiger partial charge in [-0.1, -0.05) is 12.1 Å². The van der Waals surface area contributed by atoms with E-state index in [1.807, 2.05) is 0 Å². The Bertz CT molecular complexity index is 811. The molecule has 2 rings (SSSR count). The average Bonchev–Trinajstić information content (AvgIpc) is 2.63. The molecule has 2 aromatic rings. The molecule has 0 saturated carbocycles. The van der Waals surface area contributed by atoms with Crippen molar-refractivity contribution in [2.24, 2.45) is 0 Å². The van der Waals surface area contributed by atoms with Gasteiger partial charge in [-0.2, -0.15) is 22.0 Å². The second kappa shape index (κ2) is 9.25. The molecule has 0 atom stereocenters. The van der Waals surface area contributed by atoms with E-state index in [0.717, 1.165) is 6.07 Å². The van der Waals surface area contributed by atoms with Gasteiger partial charge >= 0.3 is 12.8 Å². The monoisotopic (exact) mass is 405 g/mol. The van der Waals surface area contributed by atoms with E-state index in [9.17, 15) is 26.7 Å². The first-order chi connectivity index (χ1) is 13.2. The Balaban J connectivity index is 2.02. The molecule has 0 radical (unpaired) electrons. The van der Waals surface area contributed by atoms with Crippen LogP contribution in [0.2, 0.25) is 0 Å². The summed E-state index contributed by atoms with van der Waals surface area (Å²) in [5.41, 5.74) is 0.534. The molecule has 0 aliphatic carbocycles. The van der Waals surface area contributed by atoms with Crippen molar-refractivity contribution in [1.82, 2.24) is 5.32 Å². The third kappa shape index (κ3) is 6.60. The van der Waals surface area contributed by atoms with Gasteiger partial charge in [0.25, 0.3) is 5.91 Å². The molecule has 0 fully saturated rings. The summed E-state index contributed by atoms with van der Waals surface area (Å²) in [4.78, 5) is 12.2. The number of carbonyl (C=O) groups excluding carboxylic acids is 1. The van der Waals surface area contributed by atoms with Crippen LogP contribution >= 0.6 is 0 Å². The minimum Gasteiger partial charge on any atom is -0.493 e. The number of hydrogen-bond acceptors (Lipinski definition) is 4. The smallest absolute Gasteiger partial charge is 0.422 e. The number of rotatable bonds is 8. The lowest BCUT2D eigenvalue weighted by Gasteiger charge is -2.12. The Morgan fingerprint density at radius 1 is 1.11 bits per heavy atom. The number of methoxy groups -OCH3 is 1. The summed E-state index contributed by atoms with van der Waals surface area (Å²) in [6, 6.07) is 9.53. The van der Waals surface area contributed by atoms with E-state index >= 15 is 0 Å². The summed E-state index contributed by atoms with van der Waals surface area (Å²) in [6.45, 7) is -4.53. The van der Waals surface area contributed by atoms with Crippen LogP contribution in [0.5, 0.6) is 17.2 Å². The predicted molar refractivity (Wildman–Crippen MR) is 88.8 cm³/mol. The lowest BCUT2D eigenvalue weighted by Crippen LogP contribution is -2.23. The van der Waals surface area contributed by atoms with Crippen LogP contribution in [0.15, 0.2) is 42.5 Å². The molecule has 28 heavy (non-hydrogen) atoms. The highest BCUT2D eigenvalue weighted by Crippen LogP contribution is 2.29. The Labute approximate surface area is 157 Å². The van der Waals surface area contributed by atoms with Gasteiger partial charge in [-0.05, 0) is 35.9 Å². The summed E-state index contributed by atoms with van der Waals surface area (Å²) in [6.07, 6.45) is -4.46. The van der Waals surface area contributed by atoms with Crippen molar-refractivity contribution >= 4 is 5.91 Å². The first-order valence-corrected chi connectivity index (χ1v) is 7.87. The van der Waals surface area contributed by atoms with Crippen molar-refractivity contribution in [3.63, 3.8) is 0 Å². The first-order valence-electron chi connectivity index (χ1n) is 7.87. The maximum Gasteiger partial charge on any atom is 0.422 e. The van der Waals surface area contributed by atoms with Gasteiger partial charge < -0.3 is 19.5 Å². The SMILES string of the molecule is COc1ccc(C(=O)NCc2cccc(OCC(F)(F)F)c2)cc1OC(F)F. The first kappa shape index (κ1) is 21.3. The molecule has 1 amide bonds. The van der Waals surface area contributed by atoms with Gasteiger partial charge in [0.15, 0.2) is 18.1 Å². The highest BCUT2D eigenvalue weighted by Gasteiger charge is 2.28. The molecule has 0 spiro atoms. The summed E-state index contributed by atoms with van der Waals surface area (Å²) in [5, 5.41) is 2.53. The van der Waals surface area contributed by atoms with Crippen molar-refractivity contribution in [3.8, 4) is 17.2 Å². The highest BCUT2D eigenvalue weighted by molar-refractivity contribution is 5.94. The second-order valence-corrected chi connectivity index (χ2v) is 5.48. The zero-order valence-corrected chi connectivity index (χ0v) is 14.6.